The van der Waals surface area contributed by atoms with Crippen LogP contribution in [-0.4, -0.2) is 79.6 Å². The van der Waals surface area contributed by atoms with Crippen LogP contribution >= 0.6 is 31.3 Å². The number of aliphatic hydroxyl groups is 1. The molecule has 16 heteroatoms. The molecule has 3 heterocycles. The van der Waals surface area contributed by atoms with E-state index in [0.717, 1.165) is 23.5 Å². The number of anilines is 1. The topological polar surface area (TPSA) is 165 Å². The Labute approximate surface area is 247 Å². The van der Waals surface area contributed by atoms with Crippen LogP contribution < -0.4 is 5.73 Å². The van der Waals surface area contributed by atoms with Gasteiger partial charge in [0.25, 0.3) is 0 Å². The van der Waals surface area contributed by atoms with Gasteiger partial charge >= 0.3 is 7.82 Å². The number of carbonyl (C=O) groups is 2. The SMILES string of the molecule is CC(C)(C)C(=O)SCCOP(=O)(OCCSC(=O)C(C)(C)C)OC[C@H]1OC(c2ccc3c(N)ncnn23)[C@H](F)[C@@H]1O. The highest BCUT2D eigenvalue weighted by Crippen LogP contribution is 2.50. The summed E-state index contributed by atoms with van der Waals surface area (Å²) < 4.78 is 52.1. The van der Waals surface area contributed by atoms with Gasteiger partial charge in [0, 0.05) is 22.3 Å². The number of phosphoric acid groups is 1. The van der Waals surface area contributed by atoms with E-state index in [2.05, 4.69) is 10.1 Å². The molecule has 41 heavy (non-hydrogen) atoms. The number of thioether (sulfide) groups is 2. The van der Waals surface area contributed by atoms with Crippen LogP contribution in [-0.2, 0) is 32.5 Å². The number of hydrogen-bond acceptors (Lipinski definition) is 13. The summed E-state index contributed by atoms with van der Waals surface area (Å²) in [5.74, 6) is 0.571. The first kappa shape index (κ1) is 33.9. The average Bonchev–Trinajstić information content (AvgIpc) is 3.43. The number of phosphoric ester groups is 1. The normalized spacial score (nSPS) is 22.0. The van der Waals surface area contributed by atoms with Gasteiger partial charge in [0.1, 0.15) is 30.2 Å². The highest BCUT2D eigenvalue weighted by Gasteiger charge is 2.47. The number of nitrogens with two attached hydrogens (primary N) is 1. The van der Waals surface area contributed by atoms with Gasteiger partial charge in [-0.3, -0.25) is 23.2 Å². The number of rotatable bonds is 12. The lowest BCUT2D eigenvalue weighted by atomic mass is 9.99. The van der Waals surface area contributed by atoms with E-state index in [1.54, 1.807) is 53.7 Å². The van der Waals surface area contributed by atoms with Crippen molar-refractivity contribution in [2.75, 3.05) is 37.1 Å². The van der Waals surface area contributed by atoms with Gasteiger partial charge in [-0.1, -0.05) is 65.1 Å². The summed E-state index contributed by atoms with van der Waals surface area (Å²) in [6.07, 6.45) is -4.67. The summed E-state index contributed by atoms with van der Waals surface area (Å²) in [7, 11) is -4.25. The molecule has 1 aliphatic heterocycles. The molecule has 1 fully saturated rings. The molecule has 1 aliphatic rings. The molecule has 4 atom stereocenters. The van der Waals surface area contributed by atoms with Crippen LogP contribution in [0.4, 0.5) is 10.2 Å². The molecule has 230 valence electrons. The predicted octanol–water partition coefficient (Wildman–Crippen LogP) is 4.22. The maximum Gasteiger partial charge on any atom is 0.474 e. The third-order valence-corrected chi connectivity index (χ3v) is 9.83. The van der Waals surface area contributed by atoms with Gasteiger partial charge in [-0.05, 0) is 12.1 Å². The van der Waals surface area contributed by atoms with Crippen molar-refractivity contribution in [1.29, 1.82) is 0 Å². The zero-order chi connectivity index (χ0) is 30.6. The first-order valence-corrected chi connectivity index (χ1v) is 16.4. The molecule has 3 N–H and O–H groups in total. The van der Waals surface area contributed by atoms with Crippen molar-refractivity contribution in [3.05, 3.63) is 24.2 Å². The number of aromatic nitrogens is 3. The second-order valence-corrected chi connectivity index (χ2v) is 15.2. The molecule has 0 radical (unpaired) electrons. The van der Waals surface area contributed by atoms with Gasteiger partial charge in [0.2, 0.25) is 0 Å². The van der Waals surface area contributed by atoms with Crippen LogP contribution in [0.25, 0.3) is 5.52 Å². The molecule has 0 bridgehead atoms. The Morgan fingerprint density at radius 3 is 2.17 bits per heavy atom. The molecule has 0 saturated carbocycles. The van der Waals surface area contributed by atoms with E-state index in [9.17, 15) is 19.3 Å². The highest BCUT2D eigenvalue weighted by molar-refractivity contribution is 8.14. The molecule has 3 rings (SSSR count). The minimum atomic E-state index is -4.25. The van der Waals surface area contributed by atoms with E-state index in [0.29, 0.717) is 11.2 Å². The molecule has 0 spiro atoms. The van der Waals surface area contributed by atoms with Gasteiger partial charge in [-0.2, -0.15) is 5.10 Å². The lowest BCUT2D eigenvalue weighted by molar-refractivity contribution is -0.118. The molecule has 0 aliphatic carbocycles. The summed E-state index contributed by atoms with van der Waals surface area (Å²) in [5, 5.41) is 14.5. The molecule has 2 aromatic heterocycles. The Hall–Kier alpha value is -1.58. The summed E-state index contributed by atoms with van der Waals surface area (Å²) in [6, 6.07) is 3.18. The van der Waals surface area contributed by atoms with Crippen molar-refractivity contribution >= 4 is 52.9 Å². The van der Waals surface area contributed by atoms with E-state index >= 15 is 4.39 Å². The lowest BCUT2D eigenvalue weighted by Gasteiger charge is -2.21. The molecule has 12 nitrogen and oxygen atoms in total. The Balaban J connectivity index is 1.64. The Morgan fingerprint density at radius 2 is 1.63 bits per heavy atom. The Kier molecular flexibility index (Phi) is 11.4. The highest BCUT2D eigenvalue weighted by atomic mass is 32.2. The maximum absolute atomic E-state index is 15.2. The van der Waals surface area contributed by atoms with E-state index in [4.69, 9.17) is 24.0 Å². The second kappa shape index (κ2) is 13.8. The van der Waals surface area contributed by atoms with Gasteiger partial charge in [0.05, 0.1) is 25.5 Å². The lowest BCUT2D eigenvalue weighted by Crippen LogP contribution is -2.31. The summed E-state index contributed by atoms with van der Waals surface area (Å²) in [5.41, 5.74) is 5.49. The largest absolute Gasteiger partial charge is 0.474 e. The average molecular weight is 637 g/mol. The van der Waals surface area contributed by atoms with Crippen LogP contribution in [0.5, 0.6) is 0 Å². The third kappa shape index (κ3) is 8.96. The van der Waals surface area contributed by atoms with E-state index in [1.165, 1.54) is 10.8 Å². The minimum absolute atomic E-state index is 0.0673. The van der Waals surface area contributed by atoms with Crippen LogP contribution in [0.15, 0.2) is 18.5 Å². The third-order valence-electron chi connectivity index (χ3n) is 5.87. The maximum atomic E-state index is 15.2. The van der Waals surface area contributed by atoms with Crippen molar-refractivity contribution in [2.45, 2.75) is 66.0 Å². The quantitative estimate of drug-likeness (QED) is 0.252. The van der Waals surface area contributed by atoms with Gasteiger partial charge in [-0.25, -0.2) is 18.5 Å². The first-order valence-electron chi connectivity index (χ1n) is 13.0. The number of hydrogen-bond donors (Lipinski definition) is 2. The molecule has 0 aromatic carbocycles. The first-order chi connectivity index (χ1) is 19.0. The Bertz CT molecular complexity index is 1230. The van der Waals surface area contributed by atoms with Gasteiger partial charge in [0.15, 0.2) is 22.2 Å². The number of carbonyl (C=O) groups excluding carboxylic acids is 2. The standard InChI is InChI=1S/C25H38FN4O8PS2/c1-24(2,3)22(32)40-11-9-35-39(34,36-10-12-41-23(33)25(4,5)6)37-13-17-19(31)18(26)20(38-17)15-7-8-16-21(27)28-14-29-30(15)16/h7-8,14,17-20,31H,9-13H2,1-6H3,(H2,27,28,29)/t17-,18-,19-,20?/m1/s1. The number of nitrogens with zero attached hydrogens (tertiary/aromatic N) is 3. The van der Waals surface area contributed by atoms with E-state index < -0.39 is 49.7 Å². The molecule has 0 amide bonds. The van der Waals surface area contributed by atoms with E-state index in [1.807, 2.05) is 0 Å². The number of alkyl halides is 1. The fourth-order valence-corrected chi connectivity index (χ4v) is 6.56. The number of aliphatic hydroxyl groups excluding tert-OH is 1. The zero-order valence-electron chi connectivity index (χ0n) is 23.9. The number of fused-ring (bicyclic) bond motifs is 1. The minimum Gasteiger partial charge on any atom is -0.387 e. The summed E-state index contributed by atoms with van der Waals surface area (Å²) >= 11 is 2.05. The summed E-state index contributed by atoms with van der Waals surface area (Å²) in [4.78, 5) is 28.3. The number of halogens is 1. The van der Waals surface area contributed by atoms with Crippen molar-refractivity contribution in [2.24, 2.45) is 10.8 Å². The van der Waals surface area contributed by atoms with Gasteiger partial charge in [-0.15, -0.1) is 0 Å². The fraction of sp³-hybridized carbons (Fsp3) is 0.680. The fourth-order valence-electron chi connectivity index (χ4n) is 3.56. The monoisotopic (exact) mass is 636 g/mol. The smallest absolute Gasteiger partial charge is 0.387 e. The molecular weight excluding hydrogens is 598 g/mol. The Morgan fingerprint density at radius 1 is 1.07 bits per heavy atom. The molecule has 1 saturated heterocycles. The van der Waals surface area contributed by atoms with Crippen LogP contribution in [0.2, 0.25) is 0 Å². The van der Waals surface area contributed by atoms with Crippen LogP contribution in [0.3, 0.4) is 0 Å². The molecule has 1 unspecified atom stereocenters. The molecular formula is C25H38FN4O8PS2. The van der Waals surface area contributed by atoms with Crippen LogP contribution in [0, 0.1) is 10.8 Å². The molecule has 2 aromatic rings. The second-order valence-electron chi connectivity index (χ2n) is 11.4. The number of nitrogen functional groups attached to an aromatic ring is 1. The van der Waals surface area contributed by atoms with Crippen LogP contribution in [0.1, 0.15) is 53.3 Å². The van der Waals surface area contributed by atoms with Crippen molar-refractivity contribution in [3.63, 3.8) is 0 Å². The van der Waals surface area contributed by atoms with Crippen molar-refractivity contribution in [3.8, 4) is 0 Å². The van der Waals surface area contributed by atoms with E-state index in [-0.39, 0.29) is 40.8 Å². The summed E-state index contributed by atoms with van der Waals surface area (Å²) in [6.45, 7) is 9.91. The van der Waals surface area contributed by atoms with Crippen molar-refractivity contribution in [1.82, 2.24) is 14.6 Å². The predicted molar refractivity (Wildman–Crippen MR) is 155 cm³/mol. The van der Waals surface area contributed by atoms with Crippen molar-refractivity contribution < 1.29 is 42.0 Å². The number of ether oxygens (including phenoxy) is 1. The zero-order valence-corrected chi connectivity index (χ0v) is 26.5. The van der Waals surface area contributed by atoms with Gasteiger partial charge < -0.3 is 15.6 Å².